The van der Waals surface area contributed by atoms with Crippen LogP contribution in [0.5, 0.6) is 0 Å². The summed E-state index contributed by atoms with van der Waals surface area (Å²) in [5.74, 6) is -0.316. The first-order chi connectivity index (χ1) is 8.15. The second-order valence-electron chi connectivity index (χ2n) is 3.55. The van der Waals surface area contributed by atoms with Crippen LogP contribution in [0.15, 0.2) is 30.3 Å². The Kier molecular flexibility index (Phi) is 4.40. The Morgan fingerprint density at radius 3 is 2.59 bits per heavy atom. The van der Waals surface area contributed by atoms with Crippen molar-refractivity contribution in [2.45, 2.75) is 13.1 Å². The van der Waals surface area contributed by atoms with Crippen molar-refractivity contribution in [1.82, 2.24) is 5.32 Å². The molecular formula is C12H10Cl2FNS. The van der Waals surface area contributed by atoms with Crippen molar-refractivity contribution < 1.29 is 4.39 Å². The van der Waals surface area contributed by atoms with Gasteiger partial charge in [-0.25, -0.2) is 4.39 Å². The Bertz CT molecular complexity index is 513. The van der Waals surface area contributed by atoms with Crippen molar-refractivity contribution in [3.05, 3.63) is 55.9 Å². The van der Waals surface area contributed by atoms with Gasteiger partial charge in [-0.2, -0.15) is 0 Å². The Hall–Kier alpha value is -0.610. The molecule has 1 nitrogen and oxygen atoms in total. The molecule has 1 aromatic heterocycles. The third-order valence-electron chi connectivity index (χ3n) is 2.26. The fourth-order valence-electron chi connectivity index (χ4n) is 1.43. The molecule has 2 aromatic rings. The average molecular weight is 290 g/mol. The van der Waals surface area contributed by atoms with Gasteiger partial charge in [-0.05, 0) is 29.8 Å². The van der Waals surface area contributed by atoms with Gasteiger partial charge in [-0.3, -0.25) is 0 Å². The lowest BCUT2D eigenvalue weighted by Crippen LogP contribution is -2.12. The lowest BCUT2D eigenvalue weighted by molar-refractivity contribution is 0.625. The molecule has 0 fully saturated rings. The number of benzene rings is 1. The molecule has 1 heterocycles. The second kappa shape index (κ2) is 5.83. The predicted octanol–water partition coefficient (Wildman–Crippen LogP) is 4.48. The topological polar surface area (TPSA) is 12.0 Å². The molecule has 0 aliphatic rings. The van der Waals surface area contributed by atoms with Crippen LogP contribution in [-0.2, 0) is 13.1 Å². The highest BCUT2D eigenvalue weighted by Gasteiger charge is 2.02. The van der Waals surface area contributed by atoms with Crippen molar-refractivity contribution in [1.29, 1.82) is 0 Å². The molecule has 0 radical (unpaired) electrons. The highest BCUT2D eigenvalue weighted by atomic mass is 35.5. The summed E-state index contributed by atoms with van der Waals surface area (Å²) in [6, 6.07) is 8.26. The molecule has 0 bridgehead atoms. The van der Waals surface area contributed by atoms with Crippen molar-refractivity contribution in [3.8, 4) is 0 Å². The molecule has 17 heavy (non-hydrogen) atoms. The van der Waals surface area contributed by atoms with Crippen LogP contribution in [0.2, 0.25) is 9.36 Å². The molecule has 0 spiro atoms. The summed E-state index contributed by atoms with van der Waals surface area (Å²) in [5.41, 5.74) is 0.885. The maximum atomic E-state index is 12.8. The number of rotatable bonds is 4. The first-order valence-electron chi connectivity index (χ1n) is 5.04. The number of hydrogen-bond donors (Lipinski definition) is 1. The van der Waals surface area contributed by atoms with E-state index in [1.807, 2.05) is 12.1 Å². The fourth-order valence-corrected chi connectivity index (χ4v) is 2.72. The Balaban J connectivity index is 1.90. The van der Waals surface area contributed by atoms with E-state index in [-0.39, 0.29) is 5.82 Å². The maximum Gasteiger partial charge on any atom is 0.124 e. The van der Waals surface area contributed by atoms with E-state index >= 15 is 0 Å². The summed E-state index contributed by atoms with van der Waals surface area (Å²) in [6.07, 6.45) is 0. The molecular weight excluding hydrogens is 280 g/mol. The average Bonchev–Trinajstić information content (AvgIpc) is 2.68. The zero-order valence-corrected chi connectivity index (χ0v) is 11.2. The third kappa shape index (κ3) is 3.68. The van der Waals surface area contributed by atoms with Gasteiger partial charge in [0.1, 0.15) is 5.82 Å². The zero-order chi connectivity index (χ0) is 12.3. The van der Waals surface area contributed by atoms with Gasteiger partial charge in [0.15, 0.2) is 0 Å². The lowest BCUT2D eigenvalue weighted by atomic mass is 10.2. The van der Waals surface area contributed by atoms with E-state index in [0.29, 0.717) is 11.6 Å². The Morgan fingerprint density at radius 2 is 1.94 bits per heavy atom. The molecule has 0 unspecified atom stereocenters. The summed E-state index contributed by atoms with van der Waals surface area (Å²) in [4.78, 5) is 1.16. The van der Waals surface area contributed by atoms with Gasteiger partial charge in [0.2, 0.25) is 0 Å². The smallest absolute Gasteiger partial charge is 0.124 e. The number of hydrogen-bond acceptors (Lipinski definition) is 2. The molecule has 0 saturated heterocycles. The minimum atomic E-state index is -0.316. The van der Waals surface area contributed by atoms with Crippen LogP contribution in [0.25, 0.3) is 0 Å². The summed E-state index contributed by atoms with van der Waals surface area (Å²) in [6.45, 7) is 1.33. The molecule has 2 rings (SSSR count). The zero-order valence-electron chi connectivity index (χ0n) is 8.84. The quantitative estimate of drug-likeness (QED) is 0.875. The third-order valence-corrected chi connectivity index (χ3v) is 3.84. The first-order valence-corrected chi connectivity index (χ1v) is 6.61. The molecule has 0 atom stereocenters. The van der Waals surface area contributed by atoms with Crippen molar-refractivity contribution in [2.24, 2.45) is 0 Å². The molecule has 0 saturated carbocycles. The predicted molar refractivity (Wildman–Crippen MR) is 71.3 cm³/mol. The standard InChI is InChI=1S/C12H10Cl2FNS/c13-11-5-9(15)2-1-8(11)6-16-7-10-3-4-12(14)17-10/h1-5,16H,6-7H2. The van der Waals surface area contributed by atoms with Gasteiger partial charge in [0.25, 0.3) is 0 Å². The van der Waals surface area contributed by atoms with E-state index in [9.17, 15) is 4.39 Å². The molecule has 90 valence electrons. The van der Waals surface area contributed by atoms with E-state index in [1.165, 1.54) is 23.5 Å². The molecule has 0 aliphatic heterocycles. The first kappa shape index (κ1) is 12.8. The van der Waals surface area contributed by atoms with Crippen LogP contribution in [0.1, 0.15) is 10.4 Å². The van der Waals surface area contributed by atoms with Crippen LogP contribution < -0.4 is 5.32 Å². The normalized spacial score (nSPS) is 10.8. The highest BCUT2D eigenvalue weighted by Crippen LogP contribution is 2.21. The van der Waals surface area contributed by atoms with Crippen LogP contribution >= 0.6 is 34.5 Å². The Morgan fingerprint density at radius 1 is 1.12 bits per heavy atom. The van der Waals surface area contributed by atoms with Crippen LogP contribution in [0, 0.1) is 5.82 Å². The fraction of sp³-hybridized carbons (Fsp3) is 0.167. The van der Waals surface area contributed by atoms with Gasteiger partial charge in [-0.1, -0.05) is 29.3 Å². The van der Waals surface area contributed by atoms with Crippen molar-refractivity contribution in [2.75, 3.05) is 0 Å². The van der Waals surface area contributed by atoms with Crippen molar-refractivity contribution >= 4 is 34.5 Å². The second-order valence-corrected chi connectivity index (χ2v) is 5.75. The number of halogens is 3. The molecule has 0 amide bonds. The van der Waals surface area contributed by atoms with Gasteiger partial charge < -0.3 is 5.32 Å². The minimum Gasteiger partial charge on any atom is -0.308 e. The van der Waals surface area contributed by atoms with Crippen LogP contribution in [0.4, 0.5) is 4.39 Å². The van der Waals surface area contributed by atoms with E-state index in [1.54, 1.807) is 6.07 Å². The van der Waals surface area contributed by atoms with E-state index in [0.717, 1.165) is 21.3 Å². The number of thiophene rings is 1. The monoisotopic (exact) mass is 289 g/mol. The van der Waals surface area contributed by atoms with Gasteiger partial charge in [-0.15, -0.1) is 11.3 Å². The van der Waals surface area contributed by atoms with Crippen LogP contribution in [0.3, 0.4) is 0 Å². The van der Waals surface area contributed by atoms with E-state index in [4.69, 9.17) is 23.2 Å². The number of nitrogens with one attached hydrogen (secondary N) is 1. The molecule has 1 N–H and O–H groups in total. The summed E-state index contributed by atoms with van der Waals surface area (Å²) < 4.78 is 13.6. The molecule has 0 aliphatic carbocycles. The Labute approximate surface area is 113 Å². The summed E-state index contributed by atoms with van der Waals surface area (Å²) in [7, 11) is 0. The maximum absolute atomic E-state index is 12.8. The lowest BCUT2D eigenvalue weighted by Gasteiger charge is -2.05. The largest absolute Gasteiger partial charge is 0.308 e. The van der Waals surface area contributed by atoms with Gasteiger partial charge >= 0.3 is 0 Å². The van der Waals surface area contributed by atoms with Gasteiger partial charge in [0, 0.05) is 23.0 Å². The molecule has 5 heteroatoms. The van der Waals surface area contributed by atoms with Crippen molar-refractivity contribution in [3.63, 3.8) is 0 Å². The summed E-state index contributed by atoms with van der Waals surface area (Å²) in [5, 5.41) is 3.68. The van der Waals surface area contributed by atoms with Crippen LogP contribution in [-0.4, -0.2) is 0 Å². The molecule has 1 aromatic carbocycles. The summed E-state index contributed by atoms with van der Waals surface area (Å²) >= 11 is 13.3. The minimum absolute atomic E-state index is 0.316. The highest BCUT2D eigenvalue weighted by molar-refractivity contribution is 7.16. The van der Waals surface area contributed by atoms with E-state index in [2.05, 4.69) is 5.32 Å². The SMILES string of the molecule is Fc1ccc(CNCc2ccc(Cl)s2)c(Cl)c1. The van der Waals surface area contributed by atoms with E-state index < -0.39 is 0 Å². The van der Waals surface area contributed by atoms with Gasteiger partial charge in [0.05, 0.1) is 4.34 Å².